The Bertz CT molecular complexity index is 853. The lowest BCUT2D eigenvalue weighted by molar-refractivity contribution is -0.151. The first kappa shape index (κ1) is 18.6. The number of rotatable bonds is 4. The van der Waals surface area contributed by atoms with E-state index in [-0.39, 0.29) is 24.4 Å². The summed E-state index contributed by atoms with van der Waals surface area (Å²) in [5.41, 5.74) is 4.06. The predicted molar refractivity (Wildman–Crippen MR) is 102 cm³/mol. The zero-order valence-corrected chi connectivity index (χ0v) is 15.8. The molecule has 0 N–H and O–H groups in total. The SMILES string of the molecule is O=C(OCc1cccc2c1CCOC2)C1CCCN(C(=O)c2ccncc2)C1. The van der Waals surface area contributed by atoms with Crippen LogP contribution in [0.5, 0.6) is 0 Å². The van der Waals surface area contributed by atoms with Crippen LogP contribution in [-0.4, -0.2) is 41.5 Å². The van der Waals surface area contributed by atoms with Crippen molar-refractivity contribution in [2.45, 2.75) is 32.5 Å². The van der Waals surface area contributed by atoms with Gasteiger partial charge in [-0.15, -0.1) is 0 Å². The van der Waals surface area contributed by atoms with Crippen LogP contribution in [0.15, 0.2) is 42.7 Å². The summed E-state index contributed by atoms with van der Waals surface area (Å²) in [5, 5.41) is 0. The van der Waals surface area contributed by atoms with E-state index < -0.39 is 0 Å². The van der Waals surface area contributed by atoms with Gasteiger partial charge in [-0.05, 0) is 48.1 Å². The van der Waals surface area contributed by atoms with E-state index in [1.807, 2.05) is 12.1 Å². The highest BCUT2D eigenvalue weighted by Gasteiger charge is 2.30. The maximum Gasteiger partial charge on any atom is 0.311 e. The van der Waals surface area contributed by atoms with Gasteiger partial charge in [0, 0.05) is 31.0 Å². The molecule has 1 fully saturated rings. The van der Waals surface area contributed by atoms with Gasteiger partial charge in [0.05, 0.1) is 19.1 Å². The van der Waals surface area contributed by atoms with E-state index in [1.165, 1.54) is 11.1 Å². The molecule has 0 saturated carbocycles. The van der Waals surface area contributed by atoms with Crippen LogP contribution in [0.3, 0.4) is 0 Å². The lowest BCUT2D eigenvalue weighted by Gasteiger charge is -2.31. The number of hydrogen-bond donors (Lipinski definition) is 0. The van der Waals surface area contributed by atoms with Crippen molar-refractivity contribution >= 4 is 11.9 Å². The number of pyridine rings is 1. The summed E-state index contributed by atoms with van der Waals surface area (Å²) in [7, 11) is 0. The maximum absolute atomic E-state index is 12.6. The van der Waals surface area contributed by atoms with Gasteiger partial charge in [-0.2, -0.15) is 0 Å². The van der Waals surface area contributed by atoms with Crippen LogP contribution in [0.25, 0.3) is 0 Å². The van der Waals surface area contributed by atoms with Crippen molar-refractivity contribution in [2.24, 2.45) is 5.92 Å². The van der Waals surface area contributed by atoms with Crippen molar-refractivity contribution in [3.8, 4) is 0 Å². The monoisotopic (exact) mass is 380 g/mol. The van der Waals surface area contributed by atoms with Crippen LogP contribution >= 0.6 is 0 Å². The molecular formula is C22H24N2O4. The number of likely N-dealkylation sites (tertiary alicyclic amines) is 1. The number of carbonyl (C=O) groups is 2. The van der Waals surface area contributed by atoms with Gasteiger partial charge < -0.3 is 14.4 Å². The average molecular weight is 380 g/mol. The second kappa shape index (κ2) is 8.52. The summed E-state index contributed by atoms with van der Waals surface area (Å²) in [6.45, 7) is 2.66. The Morgan fingerprint density at radius 2 is 2.07 bits per heavy atom. The van der Waals surface area contributed by atoms with Crippen LogP contribution in [-0.2, 0) is 33.9 Å². The van der Waals surface area contributed by atoms with E-state index in [4.69, 9.17) is 9.47 Å². The first-order valence-electron chi connectivity index (χ1n) is 9.75. The molecule has 2 aromatic rings. The molecule has 1 saturated heterocycles. The van der Waals surface area contributed by atoms with Crippen molar-refractivity contribution in [1.82, 2.24) is 9.88 Å². The van der Waals surface area contributed by atoms with Gasteiger partial charge in [0.15, 0.2) is 0 Å². The third kappa shape index (κ3) is 4.07. The van der Waals surface area contributed by atoms with Crippen LogP contribution < -0.4 is 0 Å². The Kier molecular flexibility index (Phi) is 5.67. The molecule has 6 nitrogen and oxygen atoms in total. The first-order chi connectivity index (χ1) is 13.7. The molecule has 2 aliphatic rings. The molecule has 0 aliphatic carbocycles. The largest absolute Gasteiger partial charge is 0.461 e. The maximum atomic E-state index is 12.6. The highest BCUT2D eigenvalue weighted by atomic mass is 16.5. The average Bonchev–Trinajstić information content (AvgIpc) is 2.77. The van der Waals surface area contributed by atoms with E-state index in [9.17, 15) is 9.59 Å². The molecule has 0 spiro atoms. The Morgan fingerprint density at radius 3 is 2.93 bits per heavy atom. The van der Waals surface area contributed by atoms with Crippen molar-refractivity contribution in [3.05, 3.63) is 65.0 Å². The third-order valence-corrected chi connectivity index (χ3v) is 5.46. The van der Waals surface area contributed by atoms with E-state index >= 15 is 0 Å². The van der Waals surface area contributed by atoms with Crippen LogP contribution in [0, 0.1) is 5.92 Å². The van der Waals surface area contributed by atoms with Gasteiger partial charge in [-0.3, -0.25) is 14.6 Å². The van der Waals surface area contributed by atoms with Gasteiger partial charge in [0.2, 0.25) is 0 Å². The summed E-state index contributed by atoms with van der Waals surface area (Å²) >= 11 is 0. The number of nitrogens with zero attached hydrogens (tertiary/aromatic N) is 2. The zero-order valence-electron chi connectivity index (χ0n) is 15.8. The lowest BCUT2D eigenvalue weighted by atomic mass is 9.96. The summed E-state index contributed by atoms with van der Waals surface area (Å²) in [5.74, 6) is -0.559. The zero-order chi connectivity index (χ0) is 19.3. The second-order valence-electron chi connectivity index (χ2n) is 7.29. The number of aromatic nitrogens is 1. The molecule has 146 valence electrons. The van der Waals surface area contributed by atoms with E-state index in [0.29, 0.717) is 31.9 Å². The Hall–Kier alpha value is -2.73. The van der Waals surface area contributed by atoms with Crippen molar-refractivity contribution in [2.75, 3.05) is 19.7 Å². The molecule has 1 amide bonds. The number of benzene rings is 1. The van der Waals surface area contributed by atoms with Gasteiger partial charge in [0.25, 0.3) is 5.91 Å². The molecule has 1 atom stereocenters. The molecular weight excluding hydrogens is 356 g/mol. The molecule has 1 aromatic carbocycles. The summed E-state index contributed by atoms with van der Waals surface area (Å²) in [4.78, 5) is 31.0. The molecule has 3 heterocycles. The number of esters is 1. The quantitative estimate of drug-likeness (QED) is 0.763. The second-order valence-corrected chi connectivity index (χ2v) is 7.29. The van der Waals surface area contributed by atoms with E-state index in [1.54, 1.807) is 29.4 Å². The van der Waals surface area contributed by atoms with Crippen molar-refractivity contribution in [1.29, 1.82) is 0 Å². The first-order valence-corrected chi connectivity index (χ1v) is 9.75. The molecule has 2 aliphatic heterocycles. The fraction of sp³-hybridized carbons (Fsp3) is 0.409. The minimum absolute atomic E-state index is 0.0583. The molecule has 1 aromatic heterocycles. The highest BCUT2D eigenvalue weighted by molar-refractivity contribution is 5.94. The van der Waals surface area contributed by atoms with Crippen LogP contribution in [0.2, 0.25) is 0 Å². The van der Waals surface area contributed by atoms with Crippen LogP contribution in [0.1, 0.15) is 39.9 Å². The number of amides is 1. The van der Waals surface area contributed by atoms with Gasteiger partial charge in [0.1, 0.15) is 6.61 Å². The van der Waals surface area contributed by atoms with Gasteiger partial charge in [-0.1, -0.05) is 18.2 Å². The minimum atomic E-state index is -0.276. The molecule has 6 heteroatoms. The minimum Gasteiger partial charge on any atom is -0.461 e. The predicted octanol–water partition coefficient (Wildman–Crippen LogP) is 2.75. The topological polar surface area (TPSA) is 68.7 Å². The molecule has 28 heavy (non-hydrogen) atoms. The Morgan fingerprint density at radius 1 is 1.21 bits per heavy atom. The Balaban J connectivity index is 1.37. The summed E-state index contributed by atoms with van der Waals surface area (Å²) < 4.78 is 11.1. The van der Waals surface area contributed by atoms with Crippen LogP contribution in [0.4, 0.5) is 0 Å². The smallest absolute Gasteiger partial charge is 0.311 e. The van der Waals surface area contributed by atoms with E-state index in [0.717, 1.165) is 24.8 Å². The van der Waals surface area contributed by atoms with E-state index in [2.05, 4.69) is 11.1 Å². The van der Waals surface area contributed by atoms with Gasteiger partial charge >= 0.3 is 5.97 Å². The summed E-state index contributed by atoms with van der Waals surface area (Å²) in [6.07, 6.45) is 5.61. The lowest BCUT2D eigenvalue weighted by Crippen LogP contribution is -2.42. The number of ether oxygens (including phenoxy) is 2. The van der Waals surface area contributed by atoms with Gasteiger partial charge in [-0.25, -0.2) is 0 Å². The van der Waals surface area contributed by atoms with Crippen molar-refractivity contribution < 1.29 is 19.1 Å². The third-order valence-electron chi connectivity index (χ3n) is 5.46. The number of fused-ring (bicyclic) bond motifs is 1. The number of carbonyl (C=O) groups excluding carboxylic acids is 2. The molecule has 1 unspecified atom stereocenters. The fourth-order valence-corrected chi connectivity index (χ4v) is 3.93. The molecule has 0 radical (unpaired) electrons. The number of piperidine rings is 1. The molecule has 4 rings (SSSR count). The highest BCUT2D eigenvalue weighted by Crippen LogP contribution is 2.24. The molecule has 0 bridgehead atoms. The Labute approximate surface area is 164 Å². The standard InChI is InChI=1S/C22H24N2O4/c25-21(16-6-9-23-10-7-16)24-11-2-5-17(13-24)22(26)28-15-19-4-1-3-18-14-27-12-8-20(18)19/h1,3-4,6-7,9-10,17H,2,5,8,11-15H2. The number of hydrogen-bond acceptors (Lipinski definition) is 5. The summed E-state index contributed by atoms with van der Waals surface area (Å²) in [6, 6.07) is 9.45. The fourth-order valence-electron chi connectivity index (χ4n) is 3.93. The van der Waals surface area contributed by atoms with Crippen molar-refractivity contribution in [3.63, 3.8) is 0 Å². The normalized spacial score (nSPS) is 19.0.